The Balaban J connectivity index is 1.54. The van der Waals surface area contributed by atoms with E-state index in [0.29, 0.717) is 17.1 Å². The van der Waals surface area contributed by atoms with E-state index < -0.39 is 57.3 Å². The molecule has 4 rings (SSSR count). The number of nitrogens with zero attached hydrogens (tertiary/aromatic N) is 4. The number of halogens is 1. The number of methoxy groups -OCH3 is 1. The normalized spacial score (nSPS) is 27.3. The van der Waals surface area contributed by atoms with Crippen molar-refractivity contribution < 1.29 is 43.9 Å². The SMILES string of the molecule is COCC(CO)(OC[C@H]1O[C@@H](n2ncc3c(NCC4CC4)nc(Cl)nc32)[C@H](O)[C@@H]1O)P(=O)(O)O. The smallest absolute Gasteiger partial charge is 0.361 e. The first-order valence-electron chi connectivity index (χ1n) is 10.6. The van der Waals surface area contributed by atoms with E-state index in [0.717, 1.165) is 19.4 Å². The lowest BCUT2D eigenvalue weighted by Crippen LogP contribution is -2.44. The highest BCUT2D eigenvalue weighted by molar-refractivity contribution is 7.53. The summed E-state index contributed by atoms with van der Waals surface area (Å²) >= 11 is 6.09. The Hall–Kier alpha value is -1.45. The van der Waals surface area contributed by atoms with Gasteiger partial charge < -0.3 is 44.6 Å². The van der Waals surface area contributed by atoms with Crippen molar-refractivity contribution >= 4 is 36.0 Å². The van der Waals surface area contributed by atoms with Crippen LogP contribution >= 0.6 is 19.2 Å². The minimum atomic E-state index is -4.98. The first-order chi connectivity index (χ1) is 16.1. The van der Waals surface area contributed by atoms with Crippen molar-refractivity contribution in [1.29, 1.82) is 0 Å². The Morgan fingerprint density at radius 2 is 2.06 bits per heavy atom. The third-order valence-electron chi connectivity index (χ3n) is 5.92. The van der Waals surface area contributed by atoms with Crippen LogP contribution in [0, 0.1) is 5.92 Å². The fourth-order valence-electron chi connectivity index (χ4n) is 3.71. The molecular weight excluding hydrogens is 497 g/mol. The number of aromatic nitrogens is 4. The average molecular weight is 524 g/mol. The Morgan fingerprint density at radius 1 is 1.32 bits per heavy atom. The van der Waals surface area contributed by atoms with E-state index in [1.165, 1.54) is 18.0 Å². The van der Waals surface area contributed by atoms with Crippen LogP contribution in [-0.2, 0) is 18.8 Å². The number of nitrogens with one attached hydrogen (secondary N) is 1. The molecule has 2 aromatic heterocycles. The van der Waals surface area contributed by atoms with Gasteiger partial charge in [-0.05, 0) is 30.4 Å². The van der Waals surface area contributed by atoms with Gasteiger partial charge in [0.25, 0.3) is 0 Å². The van der Waals surface area contributed by atoms with Gasteiger partial charge in [-0.2, -0.15) is 15.1 Å². The second kappa shape index (κ2) is 9.90. The van der Waals surface area contributed by atoms with Gasteiger partial charge in [0.1, 0.15) is 24.1 Å². The number of anilines is 1. The molecule has 34 heavy (non-hydrogen) atoms. The van der Waals surface area contributed by atoms with E-state index in [1.807, 2.05) is 0 Å². The molecule has 3 heterocycles. The zero-order valence-electron chi connectivity index (χ0n) is 18.2. The van der Waals surface area contributed by atoms with Crippen molar-refractivity contribution in [3.8, 4) is 0 Å². The van der Waals surface area contributed by atoms with Crippen LogP contribution in [0.3, 0.4) is 0 Å². The number of rotatable bonds is 11. The van der Waals surface area contributed by atoms with Crippen molar-refractivity contribution in [2.75, 3.05) is 38.8 Å². The Labute approximate surface area is 199 Å². The molecule has 2 aliphatic rings. The molecule has 6 N–H and O–H groups in total. The molecule has 16 heteroatoms. The largest absolute Gasteiger partial charge is 0.393 e. The number of ether oxygens (including phenoxy) is 3. The molecule has 0 amide bonds. The van der Waals surface area contributed by atoms with Crippen molar-refractivity contribution in [3.63, 3.8) is 0 Å². The summed E-state index contributed by atoms with van der Waals surface area (Å²) in [5.74, 6) is 1.06. The van der Waals surface area contributed by atoms with Gasteiger partial charge in [0.15, 0.2) is 11.9 Å². The maximum absolute atomic E-state index is 11.9. The first-order valence-corrected chi connectivity index (χ1v) is 12.5. The summed E-state index contributed by atoms with van der Waals surface area (Å²) in [4.78, 5) is 27.7. The molecule has 1 aliphatic carbocycles. The standard InChI is InChI=1S/C18H27ClN5O9P/c1-31-8-18(7-25,34(28,29)30)32-6-11-12(26)13(27)16(33-11)24-15-10(5-21-24)14(22-17(19)23-15)20-4-9-2-3-9/h5,9,11-13,16,25-27H,2-4,6-8H2,1H3,(H,20,22,23)(H2,28,29,30)/t11-,12-,13-,16-,18?/m1/s1. The monoisotopic (exact) mass is 523 g/mol. The summed E-state index contributed by atoms with van der Waals surface area (Å²) in [5.41, 5.74) is 0.260. The molecule has 2 aromatic rings. The average Bonchev–Trinajstić information content (AvgIpc) is 3.46. The van der Waals surface area contributed by atoms with Crippen LogP contribution in [0.2, 0.25) is 5.28 Å². The summed E-state index contributed by atoms with van der Waals surface area (Å²) in [6.07, 6.45) is -1.62. The molecule has 0 aromatic carbocycles. The molecule has 0 spiro atoms. The van der Waals surface area contributed by atoms with Gasteiger partial charge in [-0.3, -0.25) is 4.57 Å². The fourth-order valence-corrected chi connectivity index (χ4v) is 4.60. The highest BCUT2D eigenvalue weighted by Crippen LogP contribution is 2.51. The highest BCUT2D eigenvalue weighted by atomic mass is 35.5. The van der Waals surface area contributed by atoms with Gasteiger partial charge in [-0.15, -0.1) is 0 Å². The Morgan fingerprint density at radius 3 is 2.68 bits per heavy atom. The van der Waals surface area contributed by atoms with Crippen LogP contribution in [0.4, 0.5) is 5.82 Å². The molecule has 1 unspecified atom stereocenters. The zero-order valence-corrected chi connectivity index (χ0v) is 19.8. The van der Waals surface area contributed by atoms with E-state index in [4.69, 9.17) is 25.8 Å². The number of fused-ring (bicyclic) bond motifs is 1. The van der Waals surface area contributed by atoms with Crippen LogP contribution in [0.1, 0.15) is 19.1 Å². The van der Waals surface area contributed by atoms with Gasteiger partial charge in [0, 0.05) is 13.7 Å². The van der Waals surface area contributed by atoms with Gasteiger partial charge in [0.05, 0.1) is 31.4 Å². The maximum Gasteiger partial charge on any atom is 0.361 e. The number of aliphatic hydroxyl groups is 3. The summed E-state index contributed by atoms with van der Waals surface area (Å²) in [6, 6.07) is 0. The third kappa shape index (κ3) is 4.93. The lowest BCUT2D eigenvalue weighted by molar-refractivity contribution is -0.125. The van der Waals surface area contributed by atoms with Crippen molar-refractivity contribution in [2.45, 2.75) is 42.7 Å². The predicted molar refractivity (Wildman–Crippen MR) is 117 cm³/mol. The van der Waals surface area contributed by atoms with Crippen LogP contribution < -0.4 is 5.32 Å². The van der Waals surface area contributed by atoms with Gasteiger partial charge in [0.2, 0.25) is 10.6 Å². The zero-order chi connectivity index (χ0) is 24.7. The van der Waals surface area contributed by atoms with E-state index in [9.17, 15) is 29.7 Å². The van der Waals surface area contributed by atoms with Crippen molar-refractivity contribution in [1.82, 2.24) is 19.7 Å². The summed E-state index contributed by atoms with van der Waals surface area (Å²) < 4.78 is 29.0. The minimum absolute atomic E-state index is 0.0468. The second-order valence-corrected chi connectivity index (χ2v) is 10.7. The number of hydrogen-bond donors (Lipinski definition) is 6. The quantitative estimate of drug-likeness (QED) is 0.162. The van der Waals surface area contributed by atoms with Crippen LogP contribution in [0.25, 0.3) is 11.0 Å². The molecule has 0 radical (unpaired) electrons. The molecule has 1 saturated heterocycles. The van der Waals surface area contributed by atoms with Gasteiger partial charge in [-0.1, -0.05) is 0 Å². The first kappa shape index (κ1) is 25.6. The molecule has 5 atom stereocenters. The van der Waals surface area contributed by atoms with Crippen molar-refractivity contribution in [3.05, 3.63) is 11.5 Å². The summed E-state index contributed by atoms with van der Waals surface area (Å²) in [5, 5.41) is 36.3. The van der Waals surface area contributed by atoms with Gasteiger partial charge >= 0.3 is 7.60 Å². The van der Waals surface area contributed by atoms with Crippen LogP contribution in [0.15, 0.2) is 6.20 Å². The third-order valence-corrected chi connectivity index (χ3v) is 7.55. The molecule has 2 fully saturated rings. The van der Waals surface area contributed by atoms with E-state index in [-0.39, 0.29) is 10.9 Å². The number of hydrogen-bond acceptors (Lipinski definition) is 11. The van der Waals surface area contributed by atoms with E-state index >= 15 is 0 Å². The number of aliphatic hydroxyl groups excluding tert-OH is 3. The molecular formula is C18H27ClN5O9P. The molecule has 14 nitrogen and oxygen atoms in total. The minimum Gasteiger partial charge on any atom is -0.393 e. The summed E-state index contributed by atoms with van der Waals surface area (Å²) in [7, 11) is -3.80. The van der Waals surface area contributed by atoms with Crippen LogP contribution in [-0.4, -0.2) is 102 Å². The molecule has 0 bridgehead atoms. The molecule has 190 valence electrons. The molecule has 1 aliphatic heterocycles. The second-order valence-electron chi connectivity index (χ2n) is 8.43. The Bertz CT molecular complexity index is 1070. The molecule has 1 saturated carbocycles. The maximum atomic E-state index is 11.9. The van der Waals surface area contributed by atoms with E-state index in [2.05, 4.69) is 20.4 Å². The topological polar surface area (TPSA) is 202 Å². The summed E-state index contributed by atoms with van der Waals surface area (Å²) in [6.45, 7) is -1.50. The highest BCUT2D eigenvalue weighted by Gasteiger charge is 2.51. The van der Waals surface area contributed by atoms with E-state index in [1.54, 1.807) is 0 Å². The van der Waals surface area contributed by atoms with Crippen molar-refractivity contribution in [2.24, 2.45) is 5.92 Å². The fraction of sp³-hybridized carbons (Fsp3) is 0.722. The predicted octanol–water partition coefficient (Wildman–Crippen LogP) is -0.550. The lowest BCUT2D eigenvalue weighted by atomic mass is 10.1. The van der Waals surface area contributed by atoms with Crippen LogP contribution in [0.5, 0.6) is 0 Å². The van der Waals surface area contributed by atoms with Gasteiger partial charge in [-0.25, -0.2) is 4.68 Å². The Kier molecular flexibility index (Phi) is 7.46. The lowest BCUT2D eigenvalue weighted by Gasteiger charge is -2.32.